The van der Waals surface area contributed by atoms with Gasteiger partial charge >= 0.3 is 5.97 Å². The number of amides is 2. The van der Waals surface area contributed by atoms with Gasteiger partial charge in [-0.3, -0.25) is 9.59 Å². The van der Waals surface area contributed by atoms with Gasteiger partial charge in [0.2, 0.25) is 5.91 Å². The monoisotopic (exact) mass is 462 g/mol. The lowest BCUT2D eigenvalue weighted by Gasteiger charge is -2.31. The van der Waals surface area contributed by atoms with Crippen LogP contribution in [0.1, 0.15) is 38.8 Å². The first-order valence-electron chi connectivity index (χ1n) is 10.5. The van der Waals surface area contributed by atoms with Crippen molar-refractivity contribution >= 4 is 23.4 Å². The van der Waals surface area contributed by atoms with Crippen molar-refractivity contribution in [2.45, 2.75) is 13.0 Å². The molecule has 0 radical (unpaired) electrons. The average molecular weight is 462 g/mol. The predicted molar refractivity (Wildman–Crippen MR) is 123 cm³/mol. The second kappa shape index (κ2) is 9.14. The van der Waals surface area contributed by atoms with Gasteiger partial charge in [-0.25, -0.2) is 4.79 Å². The first-order chi connectivity index (χ1) is 16.2. The average Bonchev–Trinajstić information content (AvgIpc) is 2.79. The molecule has 2 aromatic rings. The number of benzene rings is 2. The lowest BCUT2D eigenvalue weighted by molar-refractivity contribution is -0.118. The number of carboxylic acid groups (broad SMARTS) is 1. The highest BCUT2D eigenvalue weighted by Crippen LogP contribution is 2.44. The van der Waals surface area contributed by atoms with Crippen molar-refractivity contribution in [2.75, 3.05) is 13.1 Å². The minimum atomic E-state index is -1.22. The topological polar surface area (TPSA) is 145 Å². The van der Waals surface area contributed by atoms with Gasteiger partial charge in [0.15, 0.2) is 0 Å². The number of ether oxygens (including phenoxy) is 1. The molecule has 2 aromatic carbocycles. The number of hydrogen-bond acceptors (Lipinski definition) is 6. The lowest BCUT2D eigenvalue weighted by atomic mass is 9.83. The zero-order chi connectivity index (χ0) is 24.4. The first-order valence-corrected chi connectivity index (χ1v) is 10.5. The summed E-state index contributed by atoms with van der Waals surface area (Å²) in [6, 6.07) is 8.90. The minimum Gasteiger partial charge on any atom is -0.508 e. The summed E-state index contributed by atoms with van der Waals surface area (Å²) < 4.78 is 5.93. The van der Waals surface area contributed by atoms with Crippen LogP contribution < -0.4 is 15.4 Å². The Kier molecular flexibility index (Phi) is 6.09. The fraction of sp³-hybridized carbons (Fsp3) is 0.160. The van der Waals surface area contributed by atoms with E-state index in [0.717, 1.165) is 0 Å². The Bertz CT molecular complexity index is 1290. The van der Waals surface area contributed by atoms with Crippen LogP contribution in [0.25, 0.3) is 5.57 Å². The number of phenols is 1. The van der Waals surface area contributed by atoms with E-state index < -0.39 is 18.0 Å². The standard InChI is InChI=1S/C25H22N2O7/c1-13(28)26-8-9-27-24(31)14-2-5-17(20(10-14)25(32)33)23-18-6-3-15(29)11-21(18)34-22-12-16(30)4-7-19(22)23/h2-7,10-12,21,29-30H,8-9H2,1H3,(H,26,28)(H,27,31)(H,32,33). The molecule has 0 spiro atoms. The summed E-state index contributed by atoms with van der Waals surface area (Å²) in [4.78, 5) is 35.7. The highest BCUT2D eigenvalue weighted by atomic mass is 16.5. The van der Waals surface area contributed by atoms with Crippen LogP contribution in [-0.2, 0) is 4.79 Å². The van der Waals surface area contributed by atoms with Gasteiger partial charge in [0.05, 0.1) is 5.56 Å². The zero-order valence-corrected chi connectivity index (χ0v) is 18.2. The number of carbonyl (C=O) groups is 3. The number of hydrogen-bond donors (Lipinski definition) is 5. The SMILES string of the molecule is CC(=O)NCCNC(=O)c1ccc(C2=C3C=CC(O)=CC3Oc3cc(O)ccc32)c(C(=O)O)c1. The van der Waals surface area contributed by atoms with Gasteiger partial charge in [-0.15, -0.1) is 0 Å². The summed E-state index contributed by atoms with van der Waals surface area (Å²) in [6.07, 6.45) is 3.93. The molecule has 9 heteroatoms. The molecule has 4 rings (SSSR count). The Balaban J connectivity index is 1.77. The van der Waals surface area contributed by atoms with E-state index in [2.05, 4.69) is 10.6 Å². The minimum absolute atomic E-state index is 0.00134. The largest absolute Gasteiger partial charge is 0.508 e. The van der Waals surface area contributed by atoms with E-state index in [0.29, 0.717) is 28.0 Å². The second-order valence-corrected chi connectivity index (χ2v) is 7.78. The Morgan fingerprint density at radius 1 is 0.971 bits per heavy atom. The molecule has 5 N–H and O–H groups in total. The molecule has 34 heavy (non-hydrogen) atoms. The molecule has 0 bridgehead atoms. The third-order valence-corrected chi connectivity index (χ3v) is 5.41. The summed E-state index contributed by atoms with van der Waals surface area (Å²) in [5.74, 6) is -1.61. The number of aliphatic hydroxyl groups is 1. The van der Waals surface area contributed by atoms with Crippen molar-refractivity contribution in [2.24, 2.45) is 0 Å². The molecule has 0 aromatic heterocycles. The van der Waals surface area contributed by atoms with Crippen molar-refractivity contribution < 1.29 is 34.4 Å². The van der Waals surface area contributed by atoms with Gasteiger partial charge in [0.25, 0.3) is 5.91 Å². The van der Waals surface area contributed by atoms with Crippen LogP contribution in [0.3, 0.4) is 0 Å². The number of aliphatic hydroxyl groups excluding tert-OH is 1. The van der Waals surface area contributed by atoms with Gasteiger partial charge in [-0.05, 0) is 35.9 Å². The van der Waals surface area contributed by atoms with Gasteiger partial charge in [0, 0.05) is 54.4 Å². The molecule has 1 aliphatic carbocycles. The summed E-state index contributed by atoms with van der Waals surface area (Å²) in [7, 11) is 0. The molecule has 1 heterocycles. The van der Waals surface area contributed by atoms with E-state index in [-0.39, 0.29) is 41.6 Å². The van der Waals surface area contributed by atoms with Crippen LogP contribution in [0.15, 0.2) is 66.0 Å². The van der Waals surface area contributed by atoms with E-state index in [9.17, 15) is 29.7 Å². The number of fused-ring (bicyclic) bond motifs is 2. The zero-order valence-electron chi connectivity index (χ0n) is 18.2. The fourth-order valence-electron chi connectivity index (χ4n) is 3.90. The van der Waals surface area contributed by atoms with Crippen LogP contribution in [0.5, 0.6) is 11.5 Å². The van der Waals surface area contributed by atoms with E-state index in [1.54, 1.807) is 18.2 Å². The lowest BCUT2D eigenvalue weighted by Crippen LogP contribution is -2.33. The number of nitrogens with one attached hydrogen (secondary N) is 2. The maximum Gasteiger partial charge on any atom is 0.336 e. The fourth-order valence-corrected chi connectivity index (χ4v) is 3.90. The summed E-state index contributed by atoms with van der Waals surface area (Å²) in [6.45, 7) is 1.81. The molecule has 9 nitrogen and oxygen atoms in total. The molecule has 1 aliphatic heterocycles. The molecule has 0 saturated carbocycles. The van der Waals surface area contributed by atoms with Crippen LogP contribution >= 0.6 is 0 Å². The highest BCUT2D eigenvalue weighted by molar-refractivity contribution is 6.03. The predicted octanol–water partition coefficient (Wildman–Crippen LogP) is 2.53. The molecule has 174 valence electrons. The van der Waals surface area contributed by atoms with E-state index in [1.807, 2.05) is 0 Å². The molecule has 2 amide bonds. The molecular formula is C25H22N2O7. The number of phenolic OH excluding ortho intramolecular Hbond substituents is 1. The van der Waals surface area contributed by atoms with Crippen LogP contribution in [-0.4, -0.2) is 52.3 Å². The number of aromatic carboxylic acids is 1. The summed E-state index contributed by atoms with van der Waals surface area (Å²) >= 11 is 0. The molecule has 1 unspecified atom stereocenters. The molecule has 0 fully saturated rings. The van der Waals surface area contributed by atoms with Crippen LogP contribution in [0.4, 0.5) is 0 Å². The Morgan fingerprint density at radius 2 is 1.71 bits per heavy atom. The molecule has 0 saturated heterocycles. The number of aromatic hydroxyl groups is 1. The summed E-state index contributed by atoms with van der Waals surface area (Å²) in [5.41, 5.74) is 2.17. The van der Waals surface area contributed by atoms with Crippen molar-refractivity contribution in [1.29, 1.82) is 0 Å². The van der Waals surface area contributed by atoms with Crippen LogP contribution in [0, 0.1) is 0 Å². The molecule has 2 aliphatic rings. The Hall–Kier alpha value is -4.53. The van der Waals surface area contributed by atoms with Crippen molar-refractivity contribution in [3.63, 3.8) is 0 Å². The highest BCUT2D eigenvalue weighted by Gasteiger charge is 2.31. The Labute approximate surface area is 194 Å². The molecular weight excluding hydrogens is 440 g/mol. The van der Waals surface area contributed by atoms with Crippen molar-refractivity contribution in [3.05, 3.63) is 88.2 Å². The maximum atomic E-state index is 12.5. The number of allylic oxidation sites excluding steroid dienone is 1. The van der Waals surface area contributed by atoms with E-state index in [1.165, 1.54) is 43.3 Å². The normalized spacial score (nSPS) is 16.0. The number of rotatable bonds is 6. The molecule has 1 atom stereocenters. The third-order valence-electron chi connectivity index (χ3n) is 5.41. The third kappa shape index (κ3) is 4.49. The maximum absolute atomic E-state index is 12.5. The number of carbonyl (C=O) groups excluding carboxylic acids is 2. The Morgan fingerprint density at radius 3 is 2.44 bits per heavy atom. The second-order valence-electron chi connectivity index (χ2n) is 7.78. The summed E-state index contributed by atoms with van der Waals surface area (Å²) in [5, 5.41) is 35.0. The van der Waals surface area contributed by atoms with Gasteiger partial charge in [-0.2, -0.15) is 0 Å². The van der Waals surface area contributed by atoms with Gasteiger partial charge in [-0.1, -0.05) is 12.1 Å². The number of carboxylic acids is 1. The van der Waals surface area contributed by atoms with Crippen LogP contribution in [0.2, 0.25) is 0 Å². The van der Waals surface area contributed by atoms with Crippen molar-refractivity contribution in [3.8, 4) is 11.5 Å². The first kappa shape index (κ1) is 22.7. The smallest absolute Gasteiger partial charge is 0.336 e. The van der Waals surface area contributed by atoms with Crippen molar-refractivity contribution in [1.82, 2.24) is 10.6 Å². The van der Waals surface area contributed by atoms with Gasteiger partial charge < -0.3 is 30.7 Å². The quantitative estimate of drug-likeness (QED) is 0.415. The van der Waals surface area contributed by atoms with Gasteiger partial charge in [0.1, 0.15) is 23.4 Å². The van der Waals surface area contributed by atoms with E-state index in [4.69, 9.17) is 4.74 Å². The van der Waals surface area contributed by atoms with E-state index >= 15 is 0 Å².